The Morgan fingerprint density at radius 3 is 2.22 bits per heavy atom. The molecule has 2 aromatic carbocycles. The number of ketones is 1. The molecule has 0 spiro atoms. The first-order valence-electron chi connectivity index (χ1n) is 7.53. The molecule has 27 heavy (non-hydrogen) atoms. The van der Waals surface area contributed by atoms with Gasteiger partial charge in [0.15, 0.2) is 17.3 Å². The van der Waals surface area contributed by atoms with Gasteiger partial charge in [-0.15, -0.1) is 0 Å². The Morgan fingerprint density at radius 1 is 1.11 bits per heavy atom. The second kappa shape index (κ2) is 8.75. The van der Waals surface area contributed by atoms with Crippen LogP contribution in [-0.4, -0.2) is 31.5 Å². The second-order valence-corrected chi connectivity index (χ2v) is 5.12. The number of nitrogens with zero attached hydrogens (tertiary/aromatic N) is 1. The topological polar surface area (TPSA) is 87.9 Å². The molecule has 0 atom stereocenters. The van der Waals surface area contributed by atoms with E-state index in [4.69, 9.17) is 9.47 Å². The average molecular weight is 379 g/mol. The normalized spacial score (nSPS) is 10.9. The Bertz CT molecular complexity index is 865. The zero-order valence-corrected chi connectivity index (χ0v) is 14.3. The molecule has 0 aliphatic rings. The minimum Gasteiger partial charge on any atom is -0.493 e. The number of rotatable bonds is 8. The zero-order valence-electron chi connectivity index (χ0n) is 14.3. The molecule has 0 fully saturated rings. The van der Waals surface area contributed by atoms with Crippen LogP contribution in [-0.2, 0) is 0 Å². The summed E-state index contributed by atoms with van der Waals surface area (Å²) in [6, 6.07) is 7.65. The first kappa shape index (κ1) is 19.8. The van der Waals surface area contributed by atoms with Crippen LogP contribution in [0.4, 0.5) is 14.5 Å². The number of alkyl halides is 2. The summed E-state index contributed by atoms with van der Waals surface area (Å²) in [6.45, 7) is -2.96. The molecule has 0 heterocycles. The summed E-state index contributed by atoms with van der Waals surface area (Å²) < 4.78 is 38.6. The Balaban J connectivity index is 2.28. The molecule has 2 rings (SSSR count). The van der Waals surface area contributed by atoms with Gasteiger partial charge in [0.05, 0.1) is 30.8 Å². The summed E-state index contributed by atoms with van der Waals surface area (Å²) in [7, 11) is 2.73. The Hall–Kier alpha value is -3.49. The molecule has 0 saturated carbocycles. The van der Waals surface area contributed by atoms with Gasteiger partial charge < -0.3 is 14.2 Å². The second-order valence-electron chi connectivity index (χ2n) is 5.12. The first-order chi connectivity index (χ1) is 12.8. The summed E-state index contributed by atoms with van der Waals surface area (Å²) in [5.41, 5.74) is 0.0806. The SMILES string of the molecule is COc1cc(/C=C/C(=O)c2ccc(OC(F)F)cc2)c([N+](=O)[O-])cc1OC. The van der Waals surface area contributed by atoms with E-state index in [1.165, 1.54) is 56.7 Å². The number of benzene rings is 2. The standard InChI is InChI=1S/C18H15F2NO6/c1-25-16-9-12(14(21(23)24)10-17(16)26-2)5-8-15(22)11-3-6-13(7-4-11)27-18(19)20/h3-10,18H,1-2H3/b8-5+. The van der Waals surface area contributed by atoms with Crippen molar-refractivity contribution in [2.24, 2.45) is 0 Å². The molecule has 0 amide bonds. The predicted molar refractivity (Wildman–Crippen MR) is 92.6 cm³/mol. The van der Waals surface area contributed by atoms with Crippen LogP contribution in [0.2, 0.25) is 0 Å². The van der Waals surface area contributed by atoms with E-state index in [2.05, 4.69) is 4.74 Å². The molecular weight excluding hydrogens is 364 g/mol. The lowest BCUT2D eigenvalue weighted by Gasteiger charge is -2.08. The van der Waals surface area contributed by atoms with Crippen LogP contribution < -0.4 is 14.2 Å². The van der Waals surface area contributed by atoms with Crippen molar-refractivity contribution in [3.63, 3.8) is 0 Å². The highest BCUT2D eigenvalue weighted by atomic mass is 19.3. The number of carbonyl (C=O) groups is 1. The molecule has 0 aliphatic heterocycles. The van der Waals surface area contributed by atoms with Crippen LogP contribution in [0.1, 0.15) is 15.9 Å². The number of nitro benzene ring substituents is 1. The zero-order chi connectivity index (χ0) is 20.0. The lowest BCUT2D eigenvalue weighted by molar-refractivity contribution is -0.385. The van der Waals surface area contributed by atoms with Crippen molar-refractivity contribution in [3.8, 4) is 17.2 Å². The van der Waals surface area contributed by atoms with Crippen molar-refractivity contribution in [2.45, 2.75) is 6.61 Å². The lowest BCUT2D eigenvalue weighted by Crippen LogP contribution is -2.02. The van der Waals surface area contributed by atoms with Crippen LogP contribution in [0, 0.1) is 10.1 Å². The summed E-state index contributed by atoms with van der Waals surface area (Å²) in [4.78, 5) is 22.8. The number of ether oxygens (including phenoxy) is 3. The highest BCUT2D eigenvalue weighted by molar-refractivity contribution is 6.07. The number of halogens is 2. The highest BCUT2D eigenvalue weighted by Crippen LogP contribution is 2.35. The van der Waals surface area contributed by atoms with E-state index in [-0.39, 0.29) is 34.1 Å². The number of allylic oxidation sites excluding steroid dienone is 1. The van der Waals surface area contributed by atoms with E-state index in [0.29, 0.717) is 0 Å². The minimum absolute atomic E-state index is 0.0824. The van der Waals surface area contributed by atoms with Crippen molar-refractivity contribution in [1.82, 2.24) is 0 Å². The Morgan fingerprint density at radius 2 is 1.70 bits per heavy atom. The fraction of sp³-hybridized carbons (Fsp3) is 0.167. The van der Waals surface area contributed by atoms with Gasteiger partial charge >= 0.3 is 6.61 Å². The molecule has 0 N–H and O–H groups in total. The van der Waals surface area contributed by atoms with E-state index >= 15 is 0 Å². The number of carbonyl (C=O) groups excluding carboxylic acids is 1. The van der Waals surface area contributed by atoms with E-state index in [9.17, 15) is 23.7 Å². The van der Waals surface area contributed by atoms with Crippen molar-refractivity contribution in [1.29, 1.82) is 0 Å². The van der Waals surface area contributed by atoms with E-state index in [1.807, 2.05) is 0 Å². The molecule has 0 radical (unpaired) electrons. The molecular formula is C18H15F2NO6. The van der Waals surface area contributed by atoms with Gasteiger partial charge in [-0.2, -0.15) is 8.78 Å². The summed E-state index contributed by atoms with van der Waals surface area (Å²) in [5, 5.41) is 11.2. The molecule has 0 aliphatic carbocycles. The maximum absolute atomic E-state index is 12.2. The van der Waals surface area contributed by atoms with Crippen molar-refractivity contribution < 1.29 is 32.7 Å². The van der Waals surface area contributed by atoms with E-state index in [1.54, 1.807) is 0 Å². The third-order valence-electron chi connectivity index (χ3n) is 3.51. The van der Waals surface area contributed by atoms with Gasteiger partial charge in [-0.05, 0) is 42.5 Å². The first-order valence-corrected chi connectivity index (χ1v) is 7.53. The van der Waals surface area contributed by atoms with Gasteiger partial charge in [-0.1, -0.05) is 0 Å². The number of hydrogen-bond donors (Lipinski definition) is 0. The number of nitro groups is 1. The van der Waals surface area contributed by atoms with Gasteiger partial charge in [0.25, 0.3) is 5.69 Å². The molecule has 0 bridgehead atoms. The van der Waals surface area contributed by atoms with Crippen molar-refractivity contribution in [3.05, 3.63) is 63.7 Å². The quantitative estimate of drug-likeness (QED) is 0.297. The van der Waals surface area contributed by atoms with Crippen LogP contribution >= 0.6 is 0 Å². The van der Waals surface area contributed by atoms with Crippen molar-refractivity contribution in [2.75, 3.05) is 14.2 Å². The maximum atomic E-state index is 12.2. The third-order valence-corrected chi connectivity index (χ3v) is 3.51. The Labute approximate surface area is 152 Å². The molecule has 0 saturated heterocycles. The molecule has 9 heteroatoms. The maximum Gasteiger partial charge on any atom is 0.387 e. The predicted octanol–water partition coefficient (Wildman–Crippen LogP) is 4.11. The molecule has 142 valence electrons. The summed E-state index contributed by atoms with van der Waals surface area (Å²) in [5.74, 6) is -0.102. The van der Waals surface area contributed by atoms with Crippen molar-refractivity contribution >= 4 is 17.5 Å². The molecule has 0 aromatic heterocycles. The fourth-order valence-corrected chi connectivity index (χ4v) is 2.24. The fourth-order valence-electron chi connectivity index (χ4n) is 2.24. The van der Waals surface area contributed by atoms with Gasteiger partial charge in [0, 0.05) is 5.56 Å². The molecule has 2 aromatic rings. The highest BCUT2D eigenvalue weighted by Gasteiger charge is 2.18. The summed E-state index contributed by atoms with van der Waals surface area (Å²) >= 11 is 0. The average Bonchev–Trinajstić information content (AvgIpc) is 2.65. The number of hydrogen-bond acceptors (Lipinski definition) is 6. The smallest absolute Gasteiger partial charge is 0.387 e. The van der Waals surface area contributed by atoms with Gasteiger partial charge in [0.2, 0.25) is 0 Å². The lowest BCUT2D eigenvalue weighted by atomic mass is 10.1. The van der Waals surface area contributed by atoms with E-state index in [0.717, 1.165) is 6.08 Å². The minimum atomic E-state index is -2.96. The summed E-state index contributed by atoms with van der Waals surface area (Å²) in [6.07, 6.45) is 2.41. The van der Waals surface area contributed by atoms with Gasteiger partial charge in [-0.25, -0.2) is 0 Å². The Kier molecular flexibility index (Phi) is 6.42. The van der Waals surface area contributed by atoms with Crippen LogP contribution in [0.3, 0.4) is 0 Å². The van der Waals surface area contributed by atoms with Crippen LogP contribution in [0.15, 0.2) is 42.5 Å². The van der Waals surface area contributed by atoms with E-state index < -0.39 is 17.3 Å². The van der Waals surface area contributed by atoms with Gasteiger partial charge in [-0.3, -0.25) is 14.9 Å². The van der Waals surface area contributed by atoms with Gasteiger partial charge in [0.1, 0.15) is 5.75 Å². The largest absolute Gasteiger partial charge is 0.493 e. The monoisotopic (exact) mass is 379 g/mol. The van der Waals surface area contributed by atoms with Crippen LogP contribution in [0.25, 0.3) is 6.08 Å². The number of methoxy groups -OCH3 is 2. The molecule has 7 nitrogen and oxygen atoms in total. The third kappa shape index (κ3) is 5.00. The molecule has 0 unspecified atom stereocenters. The van der Waals surface area contributed by atoms with Crippen LogP contribution in [0.5, 0.6) is 17.2 Å².